The minimum Gasteiger partial charge on any atom is -0.481 e. The summed E-state index contributed by atoms with van der Waals surface area (Å²) >= 11 is 0. The second-order valence-corrected chi connectivity index (χ2v) is 2.79. The fourth-order valence-corrected chi connectivity index (χ4v) is 1.13. The Hall–Kier alpha value is -1.10. The van der Waals surface area contributed by atoms with Crippen LogP contribution in [-0.4, -0.2) is 34.4 Å². The molecule has 0 spiro atoms. The first-order valence-electron chi connectivity index (χ1n) is 3.66. The van der Waals surface area contributed by atoms with Gasteiger partial charge < -0.3 is 14.9 Å². The minimum atomic E-state index is -1.21. The maximum Gasteiger partial charge on any atom is 0.336 e. The van der Waals surface area contributed by atoms with E-state index in [1.54, 1.807) is 0 Å². The molecule has 0 aromatic rings. The standard InChI is InChI=1S/C7H10O5/c8-5(9)1-2-7(6(10)11)3-4-12-7/h1-4H2,(H,8,9)(H,10,11). The van der Waals surface area contributed by atoms with Crippen molar-refractivity contribution in [1.29, 1.82) is 0 Å². The van der Waals surface area contributed by atoms with Crippen molar-refractivity contribution in [3.8, 4) is 0 Å². The van der Waals surface area contributed by atoms with E-state index in [0.29, 0.717) is 13.0 Å². The van der Waals surface area contributed by atoms with E-state index in [1.807, 2.05) is 0 Å². The average Bonchev–Trinajstić information content (AvgIpc) is 1.83. The lowest BCUT2D eigenvalue weighted by Gasteiger charge is -2.37. The van der Waals surface area contributed by atoms with Gasteiger partial charge in [0.25, 0.3) is 0 Å². The summed E-state index contributed by atoms with van der Waals surface area (Å²) in [5.74, 6) is -2.05. The number of rotatable bonds is 4. The minimum absolute atomic E-state index is 0.0532. The highest BCUT2D eigenvalue weighted by molar-refractivity contribution is 5.79. The molecule has 1 atom stereocenters. The Morgan fingerprint density at radius 2 is 2.00 bits per heavy atom. The number of carbonyl (C=O) groups is 2. The van der Waals surface area contributed by atoms with Crippen molar-refractivity contribution < 1.29 is 24.5 Å². The molecule has 1 aliphatic rings. The molecule has 1 unspecified atom stereocenters. The molecule has 12 heavy (non-hydrogen) atoms. The van der Waals surface area contributed by atoms with Gasteiger partial charge >= 0.3 is 11.9 Å². The van der Waals surface area contributed by atoms with E-state index >= 15 is 0 Å². The Bertz CT molecular complexity index is 206. The largest absolute Gasteiger partial charge is 0.481 e. The number of carboxylic acids is 2. The first-order valence-corrected chi connectivity index (χ1v) is 3.66. The molecule has 0 radical (unpaired) electrons. The van der Waals surface area contributed by atoms with Crippen molar-refractivity contribution in [3.63, 3.8) is 0 Å². The highest BCUT2D eigenvalue weighted by Crippen LogP contribution is 2.31. The van der Waals surface area contributed by atoms with Crippen molar-refractivity contribution in [3.05, 3.63) is 0 Å². The molecule has 0 amide bonds. The van der Waals surface area contributed by atoms with E-state index in [1.165, 1.54) is 0 Å². The molecular formula is C7H10O5. The molecule has 0 bridgehead atoms. The summed E-state index contributed by atoms with van der Waals surface area (Å²) in [5, 5.41) is 17.0. The SMILES string of the molecule is O=C(O)CCC1(C(=O)O)CCO1. The van der Waals surface area contributed by atoms with Gasteiger partial charge in [-0.3, -0.25) is 4.79 Å². The van der Waals surface area contributed by atoms with Crippen LogP contribution in [0.25, 0.3) is 0 Å². The van der Waals surface area contributed by atoms with E-state index in [4.69, 9.17) is 14.9 Å². The van der Waals surface area contributed by atoms with Gasteiger partial charge in [0.05, 0.1) is 6.61 Å². The van der Waals surface area contributed by atoms with Gasteiger partial charge in [-0.15, -0.1) is 0 Å². The summed E-state index contributed by atoms with van der Waals surface area (Å²) in [6, 6.07) is 0. The first-order chi connectivity index (χ1) is 5.57. The molecule has 5 nitrogen and oxygen atoms in total. The van der Waals surface area contributed by atoms with Crippen LogP contribution in [0.15, 0.2) is 0 Å². The maximum absolute atomic E-state index is 10.6. The highest BCUT2D eigenvalue weighted by Gasteiger charge is 2.45. The van der Waals surface area contributed by atoms with Gasteiger partial charge in [0, 0.05) is 12.8 Å². The Kier molecular flexibility index (Phi) is 2.32. The van der Waals surface area contributed by atoms with E-state index in [-0.39, 0.29) is 12.8 Å². The third-order valence-electron chi connectivity index (χ3n) is 2.02. The molecule has 1 heterocycles. The molecule has 5 heteroatoms. The number of ether oxygens (including phenoxy) is 1. The van der Waals surface area contributed by atoms with Crippen LogP contribution in [0.2, 0.25) is 0 Å². The number of hydrogen-bond donors (Lipinski definition) is 2. The van der Waals surface area contributed by atoms with E-state index in [0.717, 1.165) is 0 Å². The summed E-state index contributed by atoms with van der Waals surface area (Å²) in [6.07, 6.45) is 0.305. The second kappa shape index (κ2) is 3.10. The summed E-state index contributed by atoms with van der Waals surface area (Å²) in [7, 11) is 0. The molecule has 1 rings (SSSR count). The van der Waals surface area contributed by atoms with Gasteiger partial charge in [-0.1, -0.05) is 0 Å². The summed E-state index contributed by atoms with van der Waals surface area (Å²) in [5.41, 5.74) is -1.21. The molecule has 2 N–H and O–H groups in total. The van der Waals surface area contributed by atoms with Crippen molar-refractivity contribution in [2.24, 2.45) is 0 Å². The summed E-state index contributed by atoms with van der Waals surface area (Å²) in [4.78, 5) is 20.8. The van der Waals surface area contributed by atoms with Gasteiger partial charge in [0.2, 0.25) is 0 Å². The number of hydrogen-bond acceptors (Lipinski definition) is 3. The zero-order chi connectivity index (χ0) is 9.19. The average molecular weight is 174 g/mol. The Labute approximate surface area is 68.9 Å². The van der Waals surface area contributed by atoms with Gasteiger partial charge in [-0.25, -0.2) is 4.79 Å². The number of carboxylic acid groups (broad SMARTS) is 2. The van der Waals surface area contributed by atoms with Crippen LogP contribution in [0.3, 0.4) is 0 Å². The molecule has 1 aliphatic heterocycles. The lowest BCUT2D eigenvalue weighted by molar-refractivity contribution is -0.196. The van der Waals surface area contributed by atoms with Crippen molar-refractivity contribution >= 4 is 11.9 Å². The van der Waals surface area contributed by atoms with Gasteiger partial charge in [0.1, 0.15) is 0 Å². The summed E-state index contributed by atoms with van der Waals surface area (Å²) < 4.78 is 4.87. The van der Waals surface area contributed by atoms with E-state index in [9.17, 15) is 9.59 Å². The quantitative estimate of drug-likeness (QED) is 0.631. The molecule has 1 fully saturated rings. The van der Waals surface area contributed by atoms with Crippen LogP contribution in [0.5, 0.6) is 0 Å². The monoisotopic (exact) mass is 174 g/mol. The second-order valence-electron chi connectivity index (χ2n) is 2.79. The summed E-state index contributed by atoms with van der Waals surface area (Å²) in [6.45, 7) is 0.409. The van der Waals surface area contributed by atoms with Crippen LogP contribution in [-0.2, 0) is 14.3 Å². The van der Waals surface area contributed by atoms with Gasteiger partial charge in [0.15, 0.2) is 5.60 Å². The maximum atomic E-state index is 10.6. The Morgan fingerprint density at radius 3 is 2.25 bits per heavy atom. The lowest BCUT2D eigenvalue weighted by atomic mass is 9.90. The molecule has 68 valence electrons. The molecule has 0 saturated carbocycles. The van der Waals surface area contributed by atoms with Gasteiger partial charge in [-0.2, -0.15) is 0 Å². The van der Waals surface area contributed by atoms with Crippen LogP contribution in [0.1, 0.15) is 19.3 Å². The molecule has 0 aliphatic carbocycles. The molecular weight excluding hydrogens is 164 g/mol. The van der Waals surface area contributed by atoms with Crippen molar-refractivity contribution in [2.75, 3.05) is 6.61 Å². The van der Waals surface area contributed by atoms with Crippen LogP contribution in [0.4, 0.5) is 0 Å². The smallest absolute Gasteiger partial charge is 0.336 e. The fourth-order valence-electron chi connectivity index (χ4n) is 1.13. The number of aliphatic carboxylic acids is 2. The Morgan fingerprint density at radius 1 is 1.42 bits per heavy atom. The molecule has 0 aromatic carbocycles. The van der Waals surface area contributed by atoms with E-state index < -0.39 is 17.5 Å². The third-order valence-corrected chi connectivity index (χ3v) is 2.02. The van der Waals surface area contributed by atoms with Crippen LogP contribution >= 0.6 is 0 Å². The first kappa shape index (κ1) is 8.99. The van der Waals surface area contributed by atoms with Crippen molar-refractivity contribution in [1.82, 2.24) is 0 Å². The lowest BCUT2D eigenvalue weighted by Crippen LogP contribution is -2.50. The van der Waals surface area contributed by atoms with Crippen LogP contribution in [0, 0.1) is 0 Å². The zero-order valence-electron chi connectivity index (χ0n) is 6.45. The van der Waals surface area contributed by atoms with Gasteiger partial charge in [-0.05, 0) is 6.42 Å². The highest BCUT2D eigenvalue weighted by atomic mass is 16.5. The van der Waals surface area contributed by atoms with E-state index in [2.05, 4.69) is 0 Å². The van der Waals surface area contributed by atoms with Crippen molar-refractivity contribution in [2.45, 2.75) is 24.9 Å². The predicted molar refractivity (Wildman–Crippen MR) is 37.8 cm³/mol. The normalized spacial score (nSPS) is 27.7. The molecule has 1 saturated heterocycles. The zero-order valence-corrected chi connectivity index (χ0v) is 6.45. The predicted octanol–water partition coefficient (Wildman–Crippen LogP) is 0.0949. The topological polar surface area (TPSA) is 83.8 Å². The molecule has 0 aromatic heterocycles. The fraction of sp³-hybridized carbons (Fsp3) is 0.714. The van der Waals surface area contributed by atoms with Crippen LogP contribution < -0.4 is 0 Å². The Balaban J connectivity index is 2.45. The third kappa shape index (κ3) is 1.55.